The van der Waals surface area contributed by atoms with E-state index in [1.807, 2.05) is 29.2 Å². The number of aromatic hydroxyl groups is 1. The fraction of sp³-hybridized carbons (Fsp3) is 0.222. The Kier molecular flexibility index (Phi) is 9.54. The summed E-state index contributed by atoms with van der Waals surface area (Å²) < 4.78 is 5.06. The molecular weight excluding hydrogens is 458 g/mol. The summed E-state index contributed by atoms with van der Waals surface area (Å²) in [5, 5.41) is 35.8. The van der Waals surface area contributed by atoms with Crippen molar-refractivity contribution in [2.24, 2.45) is 0 Å². The first-order valence-corrected chi connectivity index (χ1v) is 11.3. The minimum Gasteiger partial charge on any atom is -0.506 e. The van der Waals surface area contributed by atoms with Gasteiger partial charge in [-0.25, -0.2) is 0 Å². The summed E-state index contributed by atoms with van der Waals surface area (Å²) in [4.78, 5) is 18.7. The second-order valence-electron chi connectivity index (χ2n) is 7.91. The van der Waals surface area contributed by atoms with E-state index in [-0.39, 0.29) is 18.0 Å². The number of carbonyl (C=O) groups excluding carboxylic acids is 1. The molecule has 0 aliphatic heterocycles. The molecule has 186 valence electrons. The molecule has 1 heterocycles. The number of rotatable bonds is 12. The molecule has 0 saturated carbocycles. The molecule has 0 aliphatic carbocycles. The molecule has 0 fully saturated rings. The summed E-state index contributed by atoms with van der Waals surface area (Å²) in [6.45, 7) is 5.83. The summed E-state index contributed by atoms with van der Waals surface area (Å²) >= 11 is 0. The summed E-state index contributed by atoms with van der Waals surface area (Å²) in [5.41, 5.74) is 3.12. The van der Waals surface area contributed by atoms with Crippen molar-refractivity contribution in [3.05, 3.63) is 72.5 Å². The van der Waals surface area contributed by atoms with Gasteiger partial charge in [-0.2, -0.15) is 5.26 Å². The Bertz CT molecular complexity index is 1300. The van der Waals surface area contributed by atoms with Gasteiger partial charge in [0.25, 0.3) is 0 Å². The van der Waals surface area contributed by atoms with Crippen molar-refractivity contribution in [3.63, 3.8) is 0 Å². The van der Waals surface area contributed by atoms with E-state index in [1.165, 1.54) is 18.3 Å². The molecule has 4 N–H and O–H groups in total. The van der Waals surface area contributed by atoms with Crippen LogP contribution in [0.15, 0.2) is 61.3 Å². The molecule has 0 atom stereocenters. The van der Waals surface area contributed by atoms with Gasteiger partial charge < -0.3 is 25.6 Å². The molecule has 36 heavy (non-hydrogen) atoms. The minimum atomic E-state index is -0.432. The van der Waals surface area contributed by atoms with Crippen LogP contribution < -0.4 is 10.6 Å². The maximum atomic E-state index is 12.5. The van der Waals surface area contributed by atoms with Gasteiger partial charge in [-0.15, -0.1) is 0 Å². The number of nitriles is 1. The maximum absolute atomic E-state index is 12.5. The molecule has 0 saturated heterocycles. The number of nitrogens with zero attached hydrogens (tertiary/aromatic N) is 3. The lowest BCUT2D eigenvalue weighted by Gasteiger charge is -2.18. The Labute approximate surface area is 210 Å². The number of benzene rings is 2. The van der Waals surface area contributed by atoms with E-state index in [4.69, 9.17) is 4.74 Å². The molecule has 3 rings (SSSR count). The Balaban J connectivity index is 1.85. The molecule has 0 bridgehead atoms. The van der Waals surface area contributed by atoms with Crippen LogP contribution in [-0.2, 0) is 9.53 Å². The standard InChI is InChI=1S/C27H29N5O4/c1-3-19-6-4-7-21(14-19)30-27-20(17-28)18-29-23-16-25(34)24(15-22(23)27)31-26(35)8-5-9-32(10-12-33)11-13-36-2/h3-8,14-16,18,33-34H,1,9-13H2,2H3,(H,29,30)(H,31,35)/b8-5+. The third kappa shape index (κ3) is 6.90. The minimum absolute atomic E-state index is 0.00167. The van der Waals surface area contributed by atoms with E-state index in [9.17, 15) is 20.3 Å². The summed E-state index contributed by atoms with van der Waals surface area (Å²) in [5.74, 6) is -0.582. The molecule has 9 nitrogen and oxygen atoms in total. The Morgan fingerprint density at radius 2 is 2.14 bits per heavy atom. The van der Waals surface area contributed by atoms with Crippen molar-refractivity contribution >= 4 is 39.9 Å². The Morgan fingerprint density at radius 1 is 1.31 bits per heavy atom. The van der Waals surface area contributed by atoms with Gasteiger partial charge in [0.05, 0.1) is 35.7 Å². The topological polar surface area (TPSA) is 131 Å². The van der Waals surface area contributed by atoms with Crippen LogP contribution in [-0.4, -0.2) is 66.0 Å². The molecule has 1 aromatic heterocycles. The molecule has 0 aliphatic rings. The smallest absolute Gasteiger partial charge is 0.248 e. The van der Waals surface area contributed by atoms with Crippen LogP contribution >= 0.6 is 0 Å². The number of phenolic OH excluding ortho intramolecular Hbond substituents is 1. The van der Waals surface area contributed by atoms with Crippen molar-refractivity contribution < 1.29 is 19.7 Å². The highest BCUT2D eigenvalue weighted by Crippen LogP contribution is 2.35. The van der Waals surface area contributed by atoms with E-state index >= 15 is 0 Å². The number of fused-ring (bicyclic) bond motifs is 1. The van der Waals surface area contributed by atoms with Crippen LogP contribution in [0.5, 0.6) is 5.75 Å². The number of carbonyl (C=O) groups is 1. The highest BCUT2D eigenvalue weighted by molar-refractivity contribution is 6.04. The summed E-state index contributed by atoms with van der Waals surface area (Å²) in [6, 6.07) is 12.7. The van der Waals surface area contributed by atoms with Crippen molar-refractivity contribution in [2.75, 3.05) is 50.6 Å². The Hall–Kier alpha value is -4.23. The second kappa shape index (κ2) is 13.0. The average Bonchev–Trinajstić information content (AvgIpc) is 2.88. The van der Waals surface area contributed by atoms with Crippen LogP contribution in [0.2, 0.25) is 0 Å². The number of hydrogen-bond acceptors (Lipinski definition) is 8. The highest BCUT2D eigenvalue weighted by atomic mass is 16.5. The number of amides is 1. The monoisotopic (exact) mass is 487 g/mol. The molecule has 3 aromatic rings. The lowest BCUT2D eigenvalue weighted by Crippen LogP contribution is -2.30. The number of aliphatic hydroxyl groups is 1. The lowest BCUT2D eigenvalue weighted by atomic mass is 10.1. The Morgan fingerprint density at radius 3 is 2.86 bits per heavy atom. The largest absolute Gasteiger partial charge is 0.506 e. The van der Waals surface area contributed by atoms with Gasteiger partial charge in [-0.3, -0.25) is 14.7 Å². The third-order valence-corrected chi connectivity index (χ3v) is 5.42. The van der Waals surface area contributed by atoms with E-state index in [1.54, 1.807) is 25.3 Å². The molecule has 0 unspecified atom stereocenters. The zero-order valence-corrected chi connectivity index (χ0v) is 20.1. The number of anilines is 3. The number of ether oxygens (including phenoxy) is 1. The van der Waals surface area contributed by atoms with Crippen LogP contribution in [0.3, 0.4) is 0 Å². The van der Waals surface area contributed by atoms with E-state index in [2.05, 4.69) is 28.3 Å². The zero-order chi connectivity index (χ0) is 25.9. The summed E-state index contributed by atoms with van der Waals surface area (Å²) in [6.07, 6.45) is 6.20. The first-order valence-electron chi connectivity index (χ1n) is 11.3. The van der Waals surface area contributed by atoms with Gasteiger partial charge in [0.2, 0.25) is 5.91 Å². The number of pyridine rings is 1. The van der Waals surface area contributed by atoms with Gasteiger partial charge in [0, 0.05) is 56.2 Å². The zero-order valence-electron chi connectivity index (χ0n) is 20.1. The fourth-order valence-electron chi connectivity index (χ4n) is 3.57. The number of phenols is 1. The number of nitrogens with one attached hydrogen (secondary N) is 2. The predicted octanol–water partition coefficient (Wildman–Crippen LogP) is 3.63. The molecular formula is C27H29N5O4. The number of aromatic nitrogens is 1. The molecule has 2 aromatic carbocycles. The molecule has 0 spiro atoms. The lowest BCUT2D eigenvalue weighted by molar-refractivity contribution is -0.111. The highest BCUT2D eigenvalue weighted by Gasteiger charge is 2.14. The van der Waals surface area contributed by atoms with Gasteiger partial charge in [0.15, 0.2) is 0 Å². The molecule has 0 radical (unpaired) electrons. The van der Waals surface area contributed by atoms with Crippen LogP contribution in [0, 0.1) is 11.3 Å². The second-order valence-corrected chi connectivity index (χ2v) is 7.91. The quantitative estimate of drug-likeness (QED) is 0.225. The van der Waals surface area contributed by atoms with Gasteiger partial charge >= 0.3 is 0 Å². The summed E-state index contributed by atoms with van der Waals surface area (Å²) in [7, 11) is 1.60. The fourth-order valence-corrected chi connectivity index (χ4v) is 3.57. The molecule has 1 amide bonds. The number of aliphatic hydroxyl groups excluding tert-OH is 1. The van der Waals surface area contributed by atoms with Crippen LogP contribution in [0.1, 0.15) is 11.1 Å². The van der Waals surface area contributed by atoms with E-state index < -0.39 is 5.91 Å². The van der Waals surface area contributed by atoms with Gasteiger partial charge in [-0.1, -0.05) is 30.9 Å². The first kappa shape index (κ1) is 26.4. The van der Waals surface area contributed by atoms with Crippen molar-refractivity contribution in [1.82, 2.24) is 9.88 Å². The maximum Gasteiger partial charge on any atom is 0.248 e. The van der Waals surface area contributed by atoms with Gasteiger partial charge in [-0.05, 0) is 23.8 Å². The molecule has 9 heteroatoms. The van der Waals surface area contributed by atoms with Crippen LogP contribution in [0.25, 0.3) is 17.0 Å². The SMILES string of the molecule is C=Cc1cccc(Nc2c(C#N)cnc3cc(O)c(NC(=O)/C=C/CN(CCO)CCOC)cc23)c1. The van der Waals surface area contributed by atoms with Gasteiger partial charge in [0.1, 0.15) is 11.8 Å². The normalized spacial score (nSPS) is 11.1. The third-order valence-electron chi connectivity index (χ3n) is 5.42. The van der Waals surface area contributed by atoms with E-state index in [0.29, 0.717) is 48.4 Å². The van der Waals surface area contributed by atoms with Crippen LogP contribution in [0.4, 0.5) is 17.1 Å². The van der Waals surface area contributed by atoms with Crippen molar-refractivity contribution in [3.8, 4) is 11.8 Å². The predicted molar refractivity (Wildman–Crippen MR) is 141 cm³/mol. The number of hydrogen-bond donors (Lipinski definition) is 4. The van der Waals surface area contributed by atoms with E-state index in [0.717, 1.165) is 11.3 Å². The average molecular weight is 488 g/mol. The van der Waals surface area contributed by atoms with Crippen molar-refractivity contribution in [2.45, 2.75) is 0 Å². The van der Waals surface area contributed by atoms with Crippen molar-refractivity contribution in [1.29, 1.82) is 5.26 Å². The number of methoxy groups -OCH3 is 1. The first-order chi connectivity index (χ1) is 17.5.